The molecular formula is C14H16N2. The van der Waals surface area contributed by atoms with Crippen LogP contribution in [-0.4, -0.2) is 7.05 Å². The van der Waals surface area contributed by atoms with E-state index in [9.17, 15) is 0 Å². The van der Waals surface area contributed by atoms with Crippen molar-refractivity contribution in [3.8, 4) is 6.07 Å². The summed E-state index contributed by atoms with van der Waals surface area (Å²) in [6, 6.07) is 12.1. The van der Waals surface area contributed by atoms with E-state index in [1.54, 1.807) is 0 Å². The van der Waals surface area contributed by atoms with Gasteiger partial charge in [-0.2, -0.15) is 5.26 Å². The van der Waals surface area contributed by atoms with Gasteiger partial charge in [0.1, 0.15) is 11.8 Å². The number of hydrogen-bond acceptors (Lipinski definition) is 2. The molecule has 0 bridgehead atoms. The molecule has 0 aliphatic rings. The third-order valence-corrected chi connectivity index (χ3v) is 2.30. The summed E-state index contributed by atoms with van der Waals surface area (Å²) in [6.07, 6.45) is 6.72. The molecule has 16 heavy (non-hydrogen) atoms. The highest BCUT2D eigenvalue weighted by molar-refractivity contribution is 5.54. The van der Waals surface area contributed by atoms with Crippen LogP contribution in [0.25, 0.3) is 0 Å². The minimum atomic E-state index is 0.671. The van der Waals surface area contributed by atoms with Crippen LogP contribution in [0.4, 0.5) is 5.69 Å². The average molecular weight is 212 g/mol. The fourth-order valence-electron chi connectivity index (χ4n) is 1.36. The van der Waals surface area contributed by atoms with Gasteiger partial charge >= 0.3 is 0 Å². The van der Waals surface area contributed by atoms with Gasteiger partial charge in [-0.15, -0.1) is 0 Å². The van der Waals surface area contributed by atoms with Crippen molar-refractivity contribution in [3.05, 3.63) is 54.3 Å². The van der Waals surface area contributed by atoms with Gasteiger partial charge in [-0.25, -0.2) is 0 Å². The second-order valence-corrected chi connectivity index (χ2v) is 3.40. The van der Waals surface area contributed by atoms with Crippen molar-refractivity contribution < 1.29 is 0 Å². The molecule has 0 amide bonds. The lowest BCUT2D eigenvalue weighted by Gasteiger charge is -2.17. The van der Waals surface area contributed by atoms with E-state index in [0.29, 0.717) is 5.70 Å². The van der Waals surface area contributed by atoms with Gasteiger partial charge in [0.2, 0.25) is 0 Å². The second-order valence-electron chi connectivity index (χ2n) is 3.40. The minimum Gasteiger partial charge on any atom is -0.336 e. The molecule has 0 fully saturated rings. The van der Waals surface area contributed by atoms with E-state index in [4.69, 9.17) is 5.26 Å². The maximum atomic E-state index is 9.07. The molecule has 0 spiro atoms. The Morgan fingerprint density at radius 3 is 2.62 bits per heavy atom. The van der Waals surface area contributed by atoms with Crippen LogP contribution in [0.1, 0.15) is 13.3 Å². The molecule has 0 saturated heterocycles. The van der Waals surface area contributed by atoms with Crippen LogP contribution in [0.5, 0.6) is 0 Å². The number of rotatable bonds is 4. The Kier molecular flexibility index (Phi) is 4.88. The van der Waals surface area contributed by atoms with E-state index in [0.717, 1.165) is 12.1 Å². The van der Waals surface area contributed by atoms with Crippen molar-refractivity contribution in [2.24, 2.45) is 0 Å². The predicted octanol–water partition coefficient (Wildman–Crippen LogP) is 3.50. The molecule has 0 saturated carbocycles. The number of nitrogens with zero attached hydrogens (tertiary/aromatic N) is 2. The smallest absolute Gasteiger partial charge is 0.117 e. The molecule has 0 aromatic heterocycles. The Balaban J connectivity index is 2.82. The average Bonchev–Trinajstić information content (AvgIpc) is 2.35. The zero-order valence-electron chi connectivity index (χ0n) is 9.72. The van der Waals surface area contributed by atoms with Crippen LogP contribution in [0.15, 0.2) is 54.3 Å². The third-order valence-electron chi connectivity index (χ3n) is 2.30. The third kappa shape index (κ3) is 3.29. The van der Waals surface area contributed by atoms with Gasteiger partial charge in [-0.3, -0.25) is 0 Å². The molecule has 1 aromatic rings. The van der Waals surface area contributed by atoms with E-state index < -0.39 is 0 Å². The number of benzene rings is 1. The zero-order valence-corrected chi connectivity index (χ0v) is 9.72. The van der Waals surface area contributed by atoms with Crippen molar-refractivity contribution >= 4 is 5.69 Å². The number of hydrogen-bond donors (Lipinski definition) is 0. The van der Waals surface area contributed by atoms with E-state index in [2.05, 4.69) is 6.07 Å². The first kappa shape index (κ1) is 12.1. The molecule has 0 radical (unpaired) electrons. The minimum absolute atomic E-state index is 0.671. The Labute approximate surface area is 97.1 Å². The fourth-order valence-corrected chi connectivity index (χ4v) is 1.36. The largest absolute Gasteiger partial charge is 0.336 e. The zero-order chi connectivity index (χ0) is 11.8. The fraction of sp³-hybridized carbons (Fsp3) is 0.214. The lowest BCUT2D eigenvalue weighted by Crippen LogP contribution is -2.14. The molecule has 0 unspecified atom stereocenters. The van der Waals surface area contributed by atoms with Crippen LogP contribution < -0.4 is 4.90 Å². The standard InChI is InChI=1S/C14H16N2/c1-3-4-6-11-14(12-15)16(2)13-9-7-5-8-10-13/h3-5,7-11H,6H2,1-2H3/b4-3+,14-11-. The summed E-state index contributed by atoms with van der Waals surface area (Å²) in [6.45, 7) is 1.97. The Morgan fingerprint density at radius 2 is 2.06 bits per heavy atom. The molecule has 1 aromatic carbocycles. The van der Waals surface area contributed by atoms with Crippen LogP contribution in [0, 0.1) is 11.3 Å². The first-order chi connectivity index (χ1) is 7.79. The topological polar surface area (TPSA) is 27.0 Å². The molecule has 0 heterocycles. The van der Waals surface area contributed by atoms with Gasteiger partial charge in [0.25, 0.3) is 0 Å². The summed E-state index contributed by atoms with van der Waals surface area (Å²) >= 11 is 0. The molecule has 1 rings (SSSR count). The first-order valence-electron chi connectivity index (χ1n) is 5.29. The molecular weight excluding hydrogens is 196 g/mol. The lowest BCUT2D eigenvalue weighted by molar-refractivity contribution is 1.12. The van der Waals surface area contributed by atoms with Crippen molar-refractivity contribution in [2.75, 3.05) is 11.9 Å². The monoisotopic (exact) mass is 212 g/mol. The van der Waals surface area contributed by atoms with E-state index in [-0.39, 0.29) is 0 Å². The van der Waals surface area contributed by atoms with Gasteiger partial charge in [-0.1, -0.05) is 30.4 Å². The number of allylic oxidation sites excluding steroid dienone is 4. The van der Waals surface area contributed by atoms with E-state index in [1.165, 1.54) is 0 Å². The highest BCUT2D eigenvalue weighted by Gasteiger charge is 2.04. The van der Waals surface area contributed by atoms with Crippen molar-refractivity contribution in [2.45, 2.75) is 13.3 Å². The summed E-state index contributed by atoms with van der Waals surface area (Å²) in [5, 5.41) is 9.07. The number of anilines is 1. The highest BCUT2D eigenvalue weighted by atomic mass is 15.1. The first-order valence-corrected chi connectivity index (χ1v) is 5.29. The van der Waals surface area contributed by atoms with Crippen LogP contribution >= 0.6 is 0 Å². The van der Waals surface area contributed by atoms with E-state index in [1.807, 2.05) is 67.4 Å². The summed E-state index contributed by atoms with van der Waals surface area (Å²) in [5.41, 5.74) is 1.69. The molecule has 2 heteroatoms. The molecule has 0 aliphatic heterocycles. The van der Waals surface area contributed by atoms with Gasteiger partial charge in [0.15, 0.2) is 0 Å². The van der Waals surface area contributed by atoms with Crippen molar-refractivity contribution in [3.63, 3.8) is 0 Å². The maximum absolute atomic E-state index is 9.07. The van der Waals surface area contributed by atoms with Crippen LogP contribution in [0.3, 0.4) is 0 Å². The number of nitriles is 1. The molecule has 2 nitrogen and oxygen atoms in total. The van der Waals surface area contributed by atoms with Crippen molar-refractivity contribution in [1.82, 2.24) is 0 Å². The summed E-state index contributed by atoms with van der Waals surface area (Å²) < 4.78 is 0. The normalized spacial score (nSPS) is 11.4. The lowest BCUT2D eigenvalue weighted by atomic mass is 10.2. The highest BCUT2D eigenvalue weighted by Crippen LogP contribution is 2.16. The van der Waals surface area contributed by atoms with Crippen LogP contribution in [-0.2, 0) is 0 Å². The van der Waals surface area contributed by atoms with Gasteiger partial charge < -0.3 is 4.90 Å². The maximum Gasteiger partial charge on any atom is 0.117 e. The SMILES string of the molecule is C/C=C/C/C=C(/C#N)N(C)c1ccccc1. The second kappa shape index (κ2) is 6.47. The Bertz CT molecular complexity index is 410. The van der Waals surface area contributed by atoms with Crippen LogP contribution in [0.2, 0.25) is 0 Å². The van der Waals surface area contributed by atoms with Crippen molar-refractivity contribution in [1.29, 1.82) is 5.26 Å². The molecule has 0 aliphatic carbocycles. The quantitative estimate of drug-likeness (QED) is 0.564. The van der Waals surface area contributed by atoms with E-state index >= 15 is 0 Å². The van der Waals surface area contributed by atoms with Gasteiger partial charge in [-0.05, 0) is 31.6 Å². The predicted molar refractivity (Wildman–Crippen MR) is 68.0 cm³/mol. The molecule has 0 atom stereocenters. The summed E-state index contributed by atoms with van der Waals surface area (Å²) in [4.78, 5) is 1.89. The number of para-hydroxylation sites is 1. The summed E-state index contributed by atoms with van der Waals surface area (Å²) in [7, 11) is 1.90. The van der Waals surface area contributed by atoms with Gasteiger partial charge in [0.05, 0.1) is 0 Å². The molecule has 0 N–H and O–H groups in total. The molecule has 82 valence electrons. The Hall–Kier alpha value is -2.01. The van der Waals surface area contributed by atoms with Gasteiger partial charge in [0, 0.05) is 12.7 Å². The Morgan fingerprint density at radius 1 is 1.38 bits per heavy atom. The summed E-state index contributed by atoms with van der Waals surface area (Å²) in [5.74, 6) is 0.